The molecule has 0 fully saturated rings. The lowest BCUT2D eigenvalue weighted by atomic mass is 10.1. The summed E-state index contributed by atoms with van der Waals surface area (Å²) in [6, 6.07) is 11.2. The van der Waals surface area contributed by atoms with Gasteiger partial charge in [-0.1, -0.05) is 17.7 Å². The molecule has 0 aromatic heterocycles. The molecule has 0 atom stereocenters. The second-order valence-corrected chi connectivity index (χ2v) is 5.59. The summed E-state index contributed by atoms with van der Waals surface area (Å²) in [5.74, 6) is 0.0361. The number of anilines is 1. The zero-order valence-corrected chi connectivity index (χ0v) is 11.9. The van der Waals surface area contributed by atoms with Crippen molar-refractivity contribution in [2.45, 2.75) is 20.0 Å². The fourth-order valence-corrected chi connectivity index (χ4v) is 2.82. The number of hydrogen-bond donors (Lipinski definition) is 1. The Balaban J connectivity index is 1.87. The number of fused-ring (bicyclic) bond motifs is 1. The van der Waals surface area contributed by atoms with Crippen molar-refractivity contribution < 1.29 is 4.79 Å². The maximum Gasteiger partial charge on any atom is 0.254 e. The summed E-state index contributed by atoms with van der Waals surface area (Å²) in [6.07, 6.45) is 0. The lowest BCUT2D eigenvalue weighted by Crippen LogP contribution is -2.25. The fraction of sp³-hybridized carbons (Fsp3) is 0.188. The van der Waals surface area contributed by atoms with Crippen molar-refractivity contribution in [2.24, 2.45) is 0 Å². The summed E-state index contributed by atoms with van der Waals surface area (Å²) in [4.78, 5) is 14.4. The van der Waals surface area contributed by atoms with Crippen LogP contribution in [0.15, 0.2) is 36.4 Å². The molecule has 3 rings (SSSR count). The van der Waals surface area contributed by atoms with E-state index in [1.165, 1.54) is 5.56 Å². The predicted molar refractivity (Wildman–Crippen MR) is 80.6 cm³/mol. The van der Waals surface area contributed by atoms with Gasteiger partial charge in [0.05, 0.1) is 0 Å². The molecular formula is C16H15ClN2O. The third-order valence-electron chi connectivity index (χ3n) is 3.66. The smallest absolute Gasteiger partial charge is 0.254 e. The summed E-state index contributed by atoms with van der Waals surface area (Å²) in [5, 5.41) is 0.650. The second kappa shape index (κ2) is 4.84. The van der Waals surface area contributed by atoms with Crippen LogP contribution in [0.4, 0.5) is 5.69 Å². The molecule has 102 valence electrons. The maximum atomic E-state index is 12.6. The minimum Gasteiger partial charge on any atom is -0.399 e. The van der Waals surface area contributed by atoms with Crippen molar-refractivity contribution in [1.82, 2.24) is 4.90 Å². The van der Waals surface area contributed by atoms with Crippen LogP contribution in [0, 0.1) is 6.92 Å². The van der Waals surface area contributed by atoms with Crippen LogP contribution in [-0.4, -0.2) is 10.8 Å². The van der Waals surface area contributed by atoms with E-state index in [4.69, 9.17) is 17.3 Å². The van der Waals surface area contributed by atoms with Gasteiger partial charge in [-0.25, -0.2) is 0 Å². The first-order valence-corrected chi connectivity index (χ1v) is 6.85. The summed E-state index contributed by atoms with van der Waals surface area (Å²) >= 11 is 5.93. The average Bonchev–Trinajstić information content (AvgIpc) is 2.81. The van der Waals surface area contributed by atoms with E-state index < -0.39 is 0 Å². The van der Waals surface area contributed by atoms with Crippen molar-refractivity contribution in [3.05, 3.63) is 63.7 Å². The molecule has 2 aromatic rings. The van der Waals surface area contributed by atoms with Gasteiger partial charge in [0.2, 0.25) is 0 Å². The van der Waals surface area contributed by atoms with Gasteiger partial charge in [0.25, 0.3) is 5.91 Å². The number of amides is 1. The number of hydrogen-bond acceptors (Lipinski definition) is 2. The van der Waals surface area contributed by atoms with Gasteiger partial charge in [0, 0.05) is 29.4 Å². The Kier molecular flexibility index (Phi) is 3.14. The predicted octanol–water partition coefficient (Wildman–Crippen LogP) is 3.39. The monoisotopic (exact) mass is 286 g/mol. The number of nitrogens with two attached hydrogens (primary N) is 1. The molecule has 1 amide bonds. The van der Waals surface area contributed by atoms with Crippen LogP contribution in [0.5, 0.6) is 0 Å². The van der Waals surface area contributed by atoms with Gasteiger partial charge in [-0.2, -0.15) is 0 Å². The number of carbonyl (C=O) groups excluding carboxylic acids is 1. The largest absolute Gasteiger partial charge is 0.399 e. The molecule has 2 N–H and O–H groups in total. The Labute approximate surface area is 123 Å². The number of nitrogens with zero attached hydrogens (tertiary/aromatic N) is 1. The van der Waals surface area contributed by atoms with Crippen LogP contribution in [-0.2, 0) is 13.1 Å². The number of rotatable bonds is 1. The van der Waals surface area contributed by atoms with Crippen molar-refractivity contribution in [1.29, 1.82) is 0 Å². The molecule has 2 aromatic carbocycles. The van der Waals surface area contributed by atoms with E-state index in [1.54, 1.807) is 12.1 Å². The van der Waals surface area contributed by atoms with E-state index in [2.05, 4.69) is 0 Å². The Bertz CT molecular complexity index is 697. The third kappa shape index (κ3) is 2.25. The van der Waals surface area contributed by atoms with Crippen LogP contribution < -0.4 is 5.73 Å². The van der Waals surface area contributed by atoms with Gasteiger partial charge in [0.1, 0.15) is 0 Å². The Morgan fingerprint density at radius 2 is 1.90 bits per heavy atom. The quantitative estimate of drug-likeness (QED) is 0.817. The number of aryl methyl sites for hydroxylation is 1. The molecule has 0 unspecified atom stereocenters. The summed E-state index contributed by atoms with van der Waals surface area (Å²) in [7, 11) is 0. The Morgan fingerprint density at radius 3 is 2.65 bits per heavy atom. The highest BCUT2D eigenvalue weighted by molar-refractivity contribution is 6.30. The van der Waals surface area contributed by atoms with E-state index in [-0.39, 0.29) is 5.91 Å². The molecule has 0 aliphatic carbocycles. The number of nitrogen functional groups attached to an aromatic ring is 1. The topological polar surface area (TPSA) is 46.3 Å². The van der Waals surface area contributed by atoms with Gasteiger partial charge < -0.3 is 10.6 Å². The highest BCUT2D eigenvalue weighted by atomic mass is 35.5. The van der Waals surface area contributed by atoms with Crippen molar-refractivity contribution >= 4 is 23.2 Å². The van der Waals surface area contributed by atoms with E-state index >= 15 is 0 Å². The van der Waals surface area contributed by atoms with E-state index in [0.717, 1.165) is 16.8 Å². The molecule has 0 bridgehead atoms. The third-order valence-corrected chi connectivity index (χ3v) is 3.89. The highest BCUT2D eigenvalue weighted by Gasteiger charge is 2.25. The molecular weight excluding hydrogens is 272 g/mol. The zero-order chi connectivity index (χ0) is 14.3. The van der Waals surface area contributed by atoms with Gasteiger partial charge in [-0.05, 0) is 53.9 Å². The fourth-order valence-electron chi connectivity index (χ4n) is 2.60. The van der Waals surface area contributed by atoms with Crippen molar-refractivity contribution in [3.63, 3.8) is 0 Å². The molecule has 1 aliphatic rings. The first kappa shape index (κ1) is 13.0. The first-order chi connectivity index (χ1) is 9.54. The number of carbonyl (C=O) groups is 1. The maximum absolute atomic E-state index is 12.6. The van der Waals surface area contributed by atoms with Crippen LogP contribution in [0.2, 0.25) is 5.02 Å². The van der Waals surface area contributed by atoms with Gasteiger partial charge in [-0.3, -0.25) is 4.79 Å². The Hall–Kier alpha value is -2.00. The van der Waals surface area contributed by atoms with Gasteiger partial charge >= 0.3 is 0 Å². The van der Waals surface area contributed by atoms with E-state index in [9.17, 15) is 4.79 Å². The zero-order valence-electron chi connectivity index (χ0n) is 11.2. The molecule has 20 heavy (non-hydrogen) atoms. The summed E-state index contributed by atoms with van der Waals surface area (Å²) in [6.45, 7) is 3.15. The van der Waals surface area contributed by atoms with Gasteiger partial charge in [0.15, 0.2) is 0 Å². The summed E-state index contributed by atoms with van der Waals surface area (Å²) in [5.41, 5.74) is 10.4. The number of halogens is 1. The minimum absolute atomic E-state index is 0.0361. The molecule has 1 aliphatic heterocycles. The molecule has 0 saturated carbocycles. The lowest BCUT2D eigenvalue weighted by Gasteiger charge is -2.17. The molecule has 1 heterocycles. The van der Waals surface area contributed by atoms with Crippen LogP contribution >= 0.6 is 11.6 Å². The van der Waals surface area contributed by atoms with Crippen LogP contribution in [0.1, 0.15) is 27.0 Å². The molecule has 0 saturated heterocycles. The SMILES string of the molecule is Cc1cc(Cl)ccc1C(=O)N1Cc2ccc(N)cc2C1. The normalized spacial score (nSPS) is 13.4. The Morgan fingerprint density at radius 1 is 1.15 bits per heavy atom. The summed E-state index contributed by atoms with van der Waals surface area (Å²) < 4.78 is 0. The van der Waals surface area contributed by atoms with E-state index in [0.29, 0.717) is 23.7 Å². The molecule has 3 nitrogen and oxygen atoms in total. The molecule has 4 heteroatoms. The van der Waals surface area contributed by atoms with Crippen molar-refractivity contribution in [3.8, 4) is 0 Å². The standard InChI is InChI=1S/C16H15ClN2O/c1-10-6-13(17)3-5-15(10)16(20)19-8-11-2-4-14(18)7-12(11)9-19/h2-7H,8-9,18H2,1H3. The molecule has 0 spiro atoms. The highest BCUT2D eigenvalue weighted by Crippen LogP contribution is 2.27. The van der Waals surface area contributed by atoms with Gasteiger partial charge in [-0.15, -0.1) is 0 Å². The minimum atomic E-state index is 0.0361. The first-order valence-electron chi connectivity index (χ1n) is 6.47. The molecule has 0 radical (unpaired) electrons. The second-order valence-electron chi connectivity index (χ2n) is 5.15. The van der Waals surface area contributed by atoms with Crippen LogP contribution in [0.25, 0.3) is 0 Å². The van der Waals surface area contributed by atoms with Crippen LogP contribution in [0.3, 0.4) is 0 Å². The lowest BCUT2D eigenvalue weighted by molar-refractivity contribution is 0.0750. The van der Waals surface area contributed by atoms with Crippen molar-refractivity contribution in [2.75, 3.05) is 5.73 Å². The number of benzene rings is 2. The van der Waals surface area contributed by atoms with E-state index in [1.807, 2.05) is 36.1 Å². The average molecular weight is 287 g/mol.